The van der Waals surface area contributed by atoms with Gasteiger partial charge in [-0.1, -0.05) is 11.8 Å². The van der Waals surface area contributed by atoms with Gasteiger partial charge in [0.05, 0.1) is 22.5 Å². The Labute approximate surface area is 110 Å². The van der Waals surface area contributed by atoms with Crippen molar-refractivity contribution in [2.24, 2.45) is 10.2 Å². The summed E-state index contributed by atoms with van der Waals surface area (Å²) in [6, 6.07) is 3.03. The van der Waals surface area contributed by atoms with Gasteiger partial charge in [-0.05, 0) is 12.1 Å². The van der Waals surface area contributed by atoms with E-state index in [0.29, 0.717) is 5.17 Å². The molecule has 0 radical (unpaired) electrons. The molecule has 0 unspecified atom stereocenters. The smallest absolute Gasteiger partial charge is 0.278 e. The van der Waals surface area contributed by atoms with Crippen molar-refractivity contribution in [2.45, 2.75) is 0 Å². The highest BCUT2D eigenvalue weighted by atomic mass is 32.2. The van der Waals surface area contributed by atoms with Crippen molar-refractivity contribution in [3.05, 3.63) is 39.7 Å². The van der Waals surface area contributed by atoms with Crippen molar-refractivity contribution in [1.82, 2.24) is 5.32 Å². The van der Waals surface area contributed by atoms with Crippen LogP contribution in [0.1, 0.15) is 5.56 Å². The van der Waals surface area contributed by atoms with Crippen LogP contribution in [0.15, 0.2) is 28.4 Å². The summed E-state index contributed by atoms with van der Waals surface area (Å²) in [5.74, 6) is -0.534. The fourth-order valence-electron chi connectivity index (χ4n) is 1.32. The molecule has 19 heavy (non-hydrogen) atoms. The molecule has 1 aromatic carbocycles. The maximum Gasteiger partial charge on any atom is 0.278 e. The first-order valence-electron chi connectivity index (χ1n) is 5.04. The molecule has 1 saturated heterocycles. The molecule has 1 fully saturated rings. The summed E-state index contributed by atoms with van der Waals surface area (Å²) in [4.78, 5) is 21.0. The van der Waals surface area contributed by atoms with Crippen LogP contribution in [0.3, 0.4) is 0 Å². The number of rotatable bonds is 3. The van der Waals surface area contributed by atoms with Crippen molar-refractivity contribution in [2.75, 3.05) is 5.75 Å². The first-order valence-corrected chi connectivity index (χ1v) is 6.02. The van der Waals surface area contributed by atoms with Gasteiger partial charge in [-0.15, -0.1) is 5.10 Å². The Morgan fingerprint density at radius 2 is 2.32 bits per heavy atom. The van der Waals surface area contributed by atoms with Crippen LogP contribution in [0.4, 0.5) is 10.1 Å². The zero-order valence-corrected chi connectivity index (χ0v) is 10.2. The van der Waals surface area contributed by atoms with Crippen LogP contribution in [0.2, 0.25) is 0 Å². The summed E-state index contributed by atoms with van der Waals surface area (Å²) in [5.41, 5.74) is -0.267. The van der Waals surface area contributed by atoms with Gasteiger partial charge < -0.3 is 5.32 Å². The predicted octanol–water partition coefficient (Wildman–Crippen LogP) is 1.29. The molecule has 1 aliphatic heterocycles. The summed E-state index contributed by atoms with van der Waals surface area (Å²) < 4.78 is 13.0. The highest BCUT2D eigenvalue weighted by Gasteiger charge is 2.16. The van der Waals surface area contributed by atoms with Gasteiger partial charge in [-0.25, -0.2) is 4.39 Å². The molecule has 1 N–H and O–H groups in total. The van der Waals surface area contributed by atoms with E-state index in [0.717, 1.165) is 24.4 Å². The number of nitrogens with zero attached hydrogens (tertiary/aromatic N) is 3. The number of hydrogen-bond acceptors (Lipinski definition) is 6. The van der Waals surface area contributed by atoms with E-state index in [-0.39, 0.29) is 22.9 Å². The zero-order valence-electron chi connectivity index (χ0n) is 9.37. The van der Waals surface area contributed by atoms with Crippen molar-refractivity contribution >= 4 is 34.7 Å². The van der Waals surface area contributed by atoms with E-state index >= 15 is 0 Å². The molecular weight excluding hydrogens is 275 g/mol. The average Bonchev–Trinajstić information content (AvgIpc) is 2.75. The molecule has 0 aromatic heterocycles. The molecule has 98 valence electrons. The van der Waals surface area contributed by atoms with Crippen LogP contribution in [-0.4, -0.2) is 28.0 Å². The third-order valence-electron chi connectivity index (χ3n) is 2.12. The minimum Gasteiger partial charge on any atom is -0.303 e. The fourth-order valence-corrected chi connectivity index (χ4v) is 1.95. The molecule has 0 atom stereocenters. The topological polar surface area (TPSA) is 97.0 Å². The van der Waals surface area contributed by atoms with Crippen LogP contribution in [-0.2, 0) is 4.79 Å². The lowest BCUT2D eigenvalue weighted by Gasteiger charge is -1.96. The first-order chi connectivity index (χ1) is 9.06. The third kappa shape index (κ3) is 3.35. The monoisotopic (exact) mass is 282 g/mol. The normalized spacial score (nSPS) is 17.1. The molecular formula is C10H7FN4O3S. The fraction of sp³-hybridized carbons (Fsp3) is 0.100. The summed E-state index contributed by atoms with van der Waals surface area (Å²) in [6.07, 6.45) is 1.07. The first kappa shape index (κ1) is 13.1. The second-order valence-corrected chi connectivity index (χ2v) is 4.41. The number of hydrogen-bond donors (Lipinski definition) is 1. The number of carbonyl (C=O) groups excluding carboxylic acids is 1. The largest absolute Gasteiger partial charge is 0.303 e. The lowest BCUT2D eigenvalue weighted by Crippen LogP contribution is -2.19. The maximum atomic E-state index is 13.0. The molecule has 2 rings (SSSR count). The van der Waals surface area contributed by atoms with E-state index < -0.39 is 10.7 Å². The van der Waals surface area contributed by atoms with E-state index in [1.807, 2.05) is 0 Å². The number of halogens is 1. The van der Waals surface area contributed by atoms with Gasteiger partial charge in [0.1, 0.15) is 5.82 Å². The van der Waals surface area contributed by atoms with Crippen molar-refractivity contribution in [3.8, 4) is 0 Å². The second kappa shape index (κ2) is 5.57. The van der Waals surface area contributed by atoms with E-state index in [9.17, 15) is 19.3 Å². The van der Waals surface area contributed by atoms with Gasteiger partial charge in [0.2, 0.25) is 5.91 Å². The van der Waals surface area contributed by atoms with Gasteiger partial charge >= 0.3 is 0 Å². The molecule has 1 heterocycles. The third-order valence-corrected chi connectivity index (χ3v) is 2.98. The number of amides is 1. The summed E-state index contributed by atoms with van der Waals surface area (Å²) >= 11 is 1.17. The molecule has 7 nitrogen and oxygen atoms in total. The molecule has 1 aliphatic rings. The van der Waals surface area contributed by atoms with E-state index in [2.05, 4.69) is 15.5 Å². The lowest BCUT2D eigenvalue weighted by atomic mass is 10.2. The molecule has 0 saturated carbocycles. The van der Waals surface area contributed by atoms with E-state index in [1.54, 1.807) is 0 Å². The predicted molar refractivity (Wildman–Crippen MR) is 68.7 cm³/mol. The Bertz CT molecular complexity index is 602. The number of thioether (sulfide) groups is 1. The second-order valence-electron chi connectivity index (χ2n) is 3.45. The Morgan fingerprint density at radius 3 is 2.95 bits per heavy atom. The van der Waals surface area contributed by atoms with E-state index in [1.165, 1.54) is 11.8 Å². The number of benzene rings is 1. The molecule has 0 spiro atoms. The van der Waals surface area contributed by atoms with Crippen molar-refractivity contribution in [3.63, 3.8) is 0 Å². The number of carbonyl (C=O) groups is 1. The summed E-state index contributed by atoms with van der Waals surface area (Å²) in [6.45, 7) is 0. The minimum absolute atomic E-state index is 0.00340. The van der Waals surface area contributed by atoms with Gasteiger partial charge in [-0.2, -0.15) is 5.10 Å². The maximum absolute atomic E-state index is 13.0. The van der Waals surface area contributed by atoms with Gasteiger partial charge in [0.15, 0.2) is 5.17 Å². The Kier molecular flexibility index (Phi) is 3.85. The zero-order chi connectivity index (χ0) is 13.8. The average molecular weight is 282 g/mol. The molecule has 9 heteroatoms. The highest BCUT2D eigenvalue weighted by molar-refractivity contribution is 8.15. The number of nitro groups is 1. The van der Waals surface area contributed by atoms with Crippen molar-refractivity contribution in [1.29, 1.82) is 0 Å². The minimum atomic E-state index is -0.639. The molecule has 1 amide bonds. The number of nitrogens with one attached hydrogen (secondary N) is 1. The van der Waals surface area contributed by atoms with Crippen LogP contribution >= 0.6 is 11.8 Å². The van der Waals surface area contributed by atoms with Crippen LogP contribution in [0.25, 0.3) is 0 Å². The van der Waals surface area contributed by atoms with E-state index in [4.69, 9.17) is 0 Å². The van der Waals surface area contributed by atoms with Crippen LogP contribution in [0.5, 0.6) is 0 Å². The van der Waals surface area contributed by atoms with Gasteiger partial charge in [-0.3, -0.25) is 14.9 Å². The van der Waals surface area contributed by atoms with Crippen LogP contribution in [0, 0.1) is 15.9 Å². The standard InChI is InChI=1S/C10H7FN4O3S/c11-7-1-2-8(15(17)18)6(3-7)4-12-14-10-13-9(16)5-19-10/h1-4H,5H2,(H,13,14,16). The Balaban J connectivity index is 2.20. The number of nitro benzene ring substituents is 1. The molecule has 0 bridgehead atoms. The molecule has 0 aliphatic carbocycles. The summed E-state index contributed by atoms with van der Waals surface area (Å²) in [5, 5.41) is 20.7. The molecule has 1 aromatic rings. The summed E-state index contributed by atoms with van der Waals surface area (Å²) in [7, 11) is 0. The van der Waals surface area contributed by atoms with Gasteiger partial charge in [0.25, 0.3) is 5.69 Å². The van der Waals surface area contributed by atoms with Crippen molar-refractivity contribution < 1.29 is 14.1 Å². The Hall–Kier alpha value is -2.29. The highest BCUT2D eigenvalue weighted by Crippen LogP contribution is 2.17. The number of amidine groups is 1. The lowest BCUT2D eigenvalue weighted by molar-refractivity contribution is -0.385. The van der Waals surface area contributed by atoms with Crippen LogP contribution < -0.4 is 5.32 Å². The Morgan fingerprint density at radius 1 is 1.53 bits per heavy atom. The SMILES string of the molecule is O=C1CSC(=NN=Cc2cc(F)ccc2[N+](=O)[O-])N1. The van der Waals surface area contributed by atoms with Gasteiger partial charge in [0, 0.05) is 6.07 Å². The quantitative estimate of drug-likeness (QED) is 0.513.